The quantitative estimate of drug-likeness (QED) is 0.202. The van der Waals surface area contributed by atoms with Crippen LogP contribution in [0.25, 0.3) is 10.6 Å². The summed E-state index contributed by atoms with van der Waals surface area (Å²) in [6, 6.07) is 15.5. The monoisotopic (exact) mass is 897 g/mol. The zero-order valence-corrected chi connectivity index (χ0v) is 44.8. The van der Waals surface area contributed by atoms with Crippen molar-refractivity contribution in [1.82, 2.24) is 0 Å². The van der Waals surface area contributed by atoms with Gasteiger partial charge >= 0.3 is 17.4 Å². The second kappa shape index (κ2) is 18.2. The minimum atomic E-state index is -0.313. The molecule has 63 heavy (non-hydrogen) atoms. The molecular weight excluding hydrogens is 817 g/mol. The molecule has 0 heterocycles. The molecule has 7 heteroatoms. The van der Waals surface area contributed by atoms with Gasteiger partial charge < -0.3 is 31.1 Å². The Morgan fingerprint density at radius 3 is 0.508 bits per heavy atom. The summed E-state index contributed by atoms with van der Waals surface area (Å²) in [6.07, 6.45) is 0. The number of hydrogen-bond donors (Lipinski definition) is 0. The van der Waals surface area contributed by atoms with Crippen LogP contribution in [-0.2, 0) is 60.7 Å². The smallest absolute Gasteiger partial charge is 0.873 e. The Morgan fingerprint density at radius 2 is 0.397 bits per heavy atom. The molecular formula is C56H80CrN2O4. The van der Waals surface area contributed by atoms with Gasteiger partial charge in [0.15, 0.2) is 0 Å². The Kier molecular flexibility index (Phi) is 16.0. The van der Waals surface area contributed by atoms with Crippen LogP contribution in [-0.4, -0.2) is 0 Å². The Bertz CT molecular complexity index is 1930. The standard InChI is InChI=1S/2C28H42NO2.Cr/c2*1-25(2,3)17-13-19(27(7,8)9)23(30)21(15-17)29-22-16-18(26(4,5)6)14-20(24(22)31)28(10,11)12;/h2*13-16,30-31H,1-12H3;/q2*-1;+6/p-4. The number of rotatable bonds is 4. The summed E-state index contributed by atoms with van der Waals surface area (Å²) in [7, 11) is 0. The molecule has 0 spiro atoms. The molecule has 0 fully saturated rings. The molecule has 0 unspecified atom stereocenters. The molecule has 0 amide bonds. The van der Waals surface area contributed by atoms with Gasteiger partial charge in [-0.15, -0.1) is 45.7 Å². The SMILES string of the molecule is CC(C)(C)c1cc([N-]c2cc(C(C)(C)C)cc(C(C)(C)C)c2[O-])c([O-])c(C(C)(C)C)c1.CC(C)(C)c1cc([N-]c2cc(C(C)(C)C)cc(C(C)(C)C)c2[O-])c([O-])c(C(C)(C)C)c1.[Cr+6]. The maximum absolute atomic E-state index is 13.4. The van der Waals surface area contributed by atoms with Crippen LogP contribution in [0.1, 0.15) is 211 Å². The van der Waals surface area contributed by atoms with Gasteiger partial charge in [0, 0.05) is 0 Å². The van der Waals surface area contributed by atoms with Crippen molar-refractivity contribution in [3.63, 3.8) is 0 Å². The van der Waals surface area contributed by atoms with Gasteiger partial charge in [-0.2, -0.15) is 0 Å². The van der Waals surface area contributed by atoms with Gasteiger partial charge in [-0.1, -0.05) is 237 Å². The van der Waals surface area contributed by atoms with Crippen molar-refractivity contribution in [2.75, 3.05) is 0 Å². The fraction of sp³-hybridized carbons (Fsp3) is 0.571. The molecule has 0 bridgehead atoms. The van der Waals surface area contributed by atoms with Crippen molar-refractivity contribution in [3.8, 4) is 23.0 Å². The van der Waals surface area contributed by atoms with Gasteiger partial charge in [0.05, 0.1) is 0 Å². The molecule has 0 saturated heterocycles. The molecule has 0 N–H and O–H groups in total. The number of benzene rings is 4. The van der Waals surface area contributed by atoms with Crippen molar-refractivity contribution in [3.05, 3.63) is 104 Å². The Labute approximate surface area is 394 Å². The average molecular weight is 897 g/mol. The summed E-state index contributed by atoms with van der Waals surface area (Å²) in [5, 5.41) is 62.9. The summed E-state index contributed by atoms with van der Waals surface area (Å²) in [5.41, 5.74) is 6.70. The van der Waals surface area contributed by atoms with E-state index in [1.54, 1.807) is 0 Å². The van der Waals surface area contributed by atoms with E-state index in [9.17, 15) is 20.4 Å². The first-order chi connectivity index (χ1) is 27.5. The van der Waals surface area contributed by atoms with E-state index < -0.39 is 0 Å². The molecule has 4 aromatic carbocycles. The van der Waals surface area contributed by atoms with Crippen LogP contribution in [0.4, 0.5) is 22.7 Å². The van der Waals surface area contributed by atoms with E-state index in [2.05, 4.69) is 83.1 Å². The van der Waals surface area contributed by atoms with Gasteiger partial charge in [-0.05, 0) is 65.6 Å². The Morgan fingerprint density at radius 1 is 0.254 bits per heavy atom. The molecule has 0 atom stereocenters. The predicted octanol–water partition coefficient (Wildman–Crippen LogP) is 14.7. The third-order valence-electron chi connectivity index (χ3n) is 11.5. The van der Waals surface area contributed by atoms with Crippen LogP contribution in [0, 0.1) is 0 Å². The third-order valence-corrected chi connectivity index (χ3v) is 11.5. The molecule has 4 aromatic rings. The van der Waals surface area contributed by atoms with Crippen molar-refractivity contribution >= 4 is 22.7 Å². The van der Waals surface area contributed by atoms with Gasteiger partial charge in [-0.3, -0.25) is 0 Å². The van der Waals surface area contributed by atoms with E-state index in [0.29, 0.717) is 22.7 Å². The van der Waals surface area contributed by atoms with Crippen LogP contribution in [0.3, 0.4) is 0 Å². The van der Waals surface area contributed by atoms with Crippen molar-refractivity contribution in [2.24, 2.45) is 0 Å². The van der Waals surface area contributed by atoms with Crippen LogP contribution in [0.5, 0.6) is 23.0 Å². The average Bonchev–Trinajstić information content (AvgIpc) is 3.04. The van der Waals surface area contributed by atoms with E-state index in [1.807, 2.05) is 132 Å². The van der Waals surface area contributed by atoms with Gasteiger partial charge in [0.2, 0.25) is 0 Å². The first-order valence-electron chi connectivity index (χ1n) is 22.3. The molecule has 0 saturated carbocycles. The van der Waals surface area contributed by atoms with Crippen molar-refractivity contribution in [1.29, 1.82) is 0 Å². The fourth-order valence-corrected chi connectivity index (χ4v) is 7.01. The largest absolute Gasteiger partial charge is 6.00 e. The topological polar surface area (TPSA) is 120 Å². The van der Waals surface area contributed by atoms with E-state index in [0.717, 1.165) is 44.5 Å². The van der Waals surface area contributed by atoms with Crippen molar-refractivity contribution in [2.45, 2.75) is 209 Å². The zero-order chi connectivity index (χ0) is 48.3. The second-order valence-corrected chi connectivity index (χ2v) is 25.7. The summed E-state index contributed by atoms with van der Waals surface area (Å²) in [6.45, 7) is 50.0. The zero-order valence-electron chi connectivity index (χ0n) is 43.6. The maximum Gasteiger partial charge on any atom is 6.00 e. The van der Waals surface area contributed by atoms with E-state index in [-0.39, 0.29) is 83.7 Å². The number of hydrogen-bond acceptors (Lipinski definition) is 4. The van der Waals surface area contributed by atoms with Gasteiger partial charge in [0.1, 0.15) is 0 Å². The van der Waals surface area contributed by atoms with Crippen LogP contribution in [0.15, 0.2) is 48.5 Å². The van der Waals surface area contributed by atoms with E-state index in [4.69, 9.17) is 10.6 Å². The maximum atomic E-state index is 13.4. The first kappa shape index (κ1) is 55.3. The minimum Gasteiger partial charge on any atom is -0.873 e. The fourth-order valence-electron chi connectivity index (χ4n) is 7.01. The molecule has 344 valence electrons. The van der Waals surface area contributed by atoms with Crippen LogP contribution in [0.2, 0.25) is 0 Å². The van der Waals surface area contributed by atoms with E-state index >= 15 is 0 Å². The molecule has 0 aliphatic heterocycles. The summed E-state index contributed by atoms with van der Waals surface area (Å²) >= 11 is 0. The first-order valence-corrected chi connectivity index (χ1v) is 22.3. The summed E-state index contributed by atoms with van der Waals surface area (Å²) in [5.74, 6) is -0.395. The van der Waals surface area contributed by atoms with Crippen molar-refractivity contribution < 1.29 is 37.8 Å². The summed E-state index contributed by atoms with van der Waals surface area (Å²) in [4.78, 5) is 0. The molecule has 6 nitrogen and oxygen atoms in total. The Balaban J connectivity index is 0.000000427. The predicted molar refractivity (Wildman–Crippen MR) is 259 cm³/mol. The molecule has 0 aliphatic rings. The molecule has 0 radical (unpaired) electrons. The van der Waals surface area contributed by atoms with E-state index in [1.165, 1.54) is 0 Å². The normalized spacial score (nSPS) is 13.2. The molecule has 0 aromatic heterocycles. The molecule has 4 rings (SSSR count). The molecule has 0 aliphatic carbocycles. The third kappa shape index (κ3) is 13.6. The number of nitrogens with zero attached hydrogens (tertiary/aromatic N) is 2. The second-order valence-electron chi connectivity index (χ2n) is 25.7. The van der Waals surface area contributed by atoms with Gasteiger partial charge in [0.25, 0.3) is 0 Å². The van der Waals surface area contributed by atoms with Crippen LogP contribution >= 0.6 is 0 Å². The summed E-state index contributed by atoms with van der Waals surface area (Å²) < 4.78 is 0. The van der Waals surface area contributed by atoms with Crippen LogP contribution < -0.4 is 20.4 Å². The Hall–Kier alpha value is -3.79. The minimum absolute atomic E-state index is 0. The van der Waals surface area contributed by atoms with Gasteiger partial charge in [-0.25, -0.2) is 0 Å².